The van der Waals surface area contributed by atoms with Gasteiger partial charge in [0.2, 0.25) is 15.9 Å². The van der Waals surface area contributed by atoms with Gasteiger partial charge in [-0.05, 0) is 56.1 Å². The number of hydrogen-bond acceptors (Lipinski definition) is 5. The maximum absolute atomic E-state index is 13.0. The van der Waals surface area contributed by atoms with E-state index in [0.717, 1.165) is 35.8 Å². The zero-order valence-corrected chi connectivity index (χ0v) is 19.9. The fourth-order valence-corrected chi connectivity index (χ4v) is 5.30. The molecule has 0 aromatic heterocycles. The van der Waals surface area contributed by atoms with Gasteiger partial charge in [-0.2, -0.15) is 0 Å². The topological polar surface area (TPSA) is 79.0 Å². The van der Waals surface area contributed by atoms with E-state index in [0.29, 0.717) is 18.0 Å². The Morgan fingerprint density at radius 3 is 2.44 bits per heavy atom. The number of piperidine rings is 1. The SMILES string of the molecule is COc1cccc(N([C@H](C)C(=O)NCc2ccccc2CN2CCCCC2)S(C)(=O)=O)c1. The number of anilines is 1. The number of hydrogen-bond donors (Lipinski definition) is 1. The van der Waals surface area contributed by atoms with E-state index in [9.17, 15) is 13.2 Å². The number of amides is 1. The van der Waals surface area contributed by atoms with Crippen LogP contribution in [0.4, 0.5) is 5.69 Å². The third-order valence-electron chi connectivity index (χ3n) is 5.81. The number of nitrogens with zero attached hydrogens (tertiary/aromatic N) is 2. The van der Waals surface area contributed by atoms with Gasteiger partial charge in [0.25, 0.3) is 0 Å². The number of rotatable bonds is 9. The quantitative estimate of drug-likeness (QED) is 0.623. The molecule has 32 heavy (non-hydrogen) atoms. The first-order valence-corrected chi connectivity index (χ1v) is 12.8. The molecular formula is C24H33N3O4S. The molecule has 0 saturated carbocycles. The Bertz CT molecular complexity index is 1020. The molecule has 2 aromatic carbocycles. The summed E-state index contributed by atoms with van der Waals surface area (Å²) in [5, 5.41) is 2.93. The van der Waals surface area contributed by atoms with Gasteiger partial charge < -0.3 is 10.1 Å². The zero-order valence-electron chi connectivity index (χ0n) is 19.1. The molecule has 1 aliphatic heterocycles. The molecule has 3 rings (SSSR count). The molecule has 1 saturated heterocycles. The van der Waals surface area contributed by atoms with Crippen LogP contribution in [0, 0.1) is 0 Å². The van der Waals surface area contributed by atoms with E-state index < -0.39 is 16.1 Å². The van der Waals surface area contributed by atoms with Crippen LogP contribution in [0.25, 0.3) is 0 Å². The monoisotopic (exact) mass is 459 g/mol. The lowest BCUT2D eigenvalue weighted by Gasteiger charge is -2.29. The number of nitrogens with one attached hydrogen (secondary N) is 1. The molecule has 0 spiro atoms. The first-order chi connectivity index (χ1) is 15.3. The van der Waals surface area contributed by atoms with Crippen molar-refractivity contribution in [1.82, 2.24) is 10.2 Å². The van der Waals surface area contributed by atoms with E-state index in [1.165, 1.54) is 31.9 Å². The van der Waals surface area contributed by atoms with Gasteiger partial charge in [-0.1, -0.05) is 36.8 Å². The molecule has 0 aliphatic carbocycles. The van der Waals surface area contributed by atoms with E-state index >= 15 is 0 Å². The van der Waals surface area contributed by atoms with Crippen molar-refractivity contribution in [1.29, 1.82) is 0 Å². The van der Waals surface area contributed by atoms with Crippen LogP contribution in [0.15, 0.2) is 48.5 Å². The Balaban J connectivity index is 1.72. The second kappa shape index (κ2) is 10.8. The van der Waals surface area contributed by atoms with Crippen LogP contribution in [0.1, 0.15) is 37.3 Å². The molecule has 1 N–H and O–H groups in total. The van der Waals surface area contributed by atoms with Crippen LogP contribution >= 0.6 is 0 Å². The number of carbonyl (C=O) groups excluding carboxylic acids is 1. The molecule has 2 aromatic rings. The first kappa shape index (κ1) is 24.1. The standard InChI is InChI=1S/C24H33N3O4S/c1-19(27(32(3,29)30)22-12-9-13-23(16-22)31-2)24(28)25-17-20-10-5-6-11-21(20)18-26-14-7-4-8-15-26/h5-6,9-13,16,19H,4,7-8,14-15,17-18H2,1-3H3,(H,25,28)/t19-/m1/s1. The third kappa shape index (κ3) is 6.23. The summed E-state index contributed by atoms with van der Waals surface area (Å²) in [6, 6.07) is 13.9. The molecule has 0 bridgehead atoms. The van der Waals surface area contributed by atoms with Crippen molar-refractivity contribution >= 4 is 21.6 Å². The third-order valence-corrected chi connectivity index (χ3v) is 7.05. The highest BCUT2D eigenvalue weighted by Crippen LogP contribution is 2.25. The largest absolute Gasteiger partial charge is 0.497 e. The van der Waals surface area contributed by atoms with Crippen LogP contribution in [-0.2, 0) is 27.9 Å². The minimum absolute atomic E-state index is 0.350. The van der Waals surface area contributed by atoms with E-state index in [1.807, 2.05) is 18.2 Å². The van der Waals surface area contributed by atoms with Crippen molar-refractivity contribution in [3.63, 3.8) is 0 Å². The highest BCUT2D eigenvalue weighted by Gasteiger charge is 2.29. The van der Waals surface area contributed by atoms with Gasteiger partial charge in [-0.15, -0.1) is 0 Å². The van der Waals surface area contributed by atoms with Crippen LogP contribution in [-0.4, -0.2) is 51.7 Å². The van der Waals surface area contributed by atoms with E-state index in [1.54, 1.807) is 31.2 Å². The summed E-state index contributed by atoms with van der Waals surface area (Å²) in [4.78, 5) is 15.4. The van der Waals surface area contributed by atoms with Crippen molar-refractivity contribution in [2.24, 2.45) is 0 Å². The number of carbonyl (C=O) groups is 1. The number of benzene rings is 2. The van der Waals surface area contributed by atoms with E-state index in [-0.39, 0.29) is 5.91 Å². The fraction of sp³-hybridized carbons (Fsp3) is 0.458. The smallest absolute Gasteiger partial charge is 0.243 e. The van der Waals surface area contributed by atoms with Crippen molar-refractivity contribution in [2.45, 2.75) is 45.3 Å². The highest BCUT2D eigenvalue weighted by molar-refractivity contribution is 7.92. The molecule has 1 aliphatic rings. The predicted molar refractivity (Wildman–Crippen MR) is 127 cm³/mol. The second-order valence-corrected chi connectivity index (χ2v) is 10.1. The minimum atomic E-state index is -3.69. The molecule has 174 valence electrons. The van der Waals surface area contributed by atoms with Gasteiger partial charge >= 0.3 is 0 Å². The summed E-state index contributed by atoms with van der Waals surface area (Å²) in [7, 11) is -2.17. The summed E-state index contributed by atoms with van der Waals surface area (Å²) in [6.07, 6.45) is 4.84. The Morgan fingerprint density at radius 2 is 1.78 bits per heavy atom. The second-order valence-electron chi connectivity index (χ2n) is 8.26. The summed E-state index contributed by atoms with van der Waals surface area (Å²) in [6.45, 7) is 5.00. The Morgan fingerprint density at radius 1 is 1.09 bits per heavy atom. The molecule has 1 amide bonds. The van der Waals surface area contributed by atoms with Crippen LogP contribution in [0.3, 0.4) is 0 Å². The first-order valence-electron chi connectivity index (χ1n) is 11.0. The number of ether oxygens (including phenoxy) is 1. The highest BCUT2D eigenvalue weighted by atomic mass is 32.2. The molecule has 0 unspecified atom stereocenters. The zero-order chi connectivity index (χ0) is 23.1. The lowest BCUT2D eigenvalue weighted by Crippen LogP contribution is -2.47. The summed E-state index contributed by atoms with van der Waals surface area (Å²) >= 11 is 0. The average Bonchev–Trinajstić information content (AvgIpc) is 2.78. The lowest BCUT2D eigenvalue weighted by molar-refractivity contribution is -0.122. The normalized spacial score (nSPS) is 15.7. The average molecular weight is 460 g/mol. The lowest BCUT2D eigenvalue weighted by atomic mass is 10.0. The summed E-state index contributed by atoms with van der Waals surface area (Å²) in [5.41, 5.74) is 2.63. The van der Waals surface area contributed by atoms with Crippen LogP contribution < -0.4 is 14.4 Å². The van der Waals surface area contributed by atoms with Crippen molar-refractivity contribution in [2.75, 3.05) is 30.8 Å². The number of likely N-dealkylation sites (tertiary alicyclic amines) is 1. The van der Waals surface area contributed by atoms with Crippen LogP contribution in [0.2, 0.25) is 0 Å². The van der Waals surface area contributed by atoms with Crippen molar-refractivity contribution < 1.29 is 17.9 Å². The van der Waals surface area contributed by atoms with Crippen LogP contribution in [0.5, 0.6) is 5.75 Å². The molecule has 8 heteroatoms. The maximum atomic E-state index is 13.0. The van der Waals surface area contributed by atoms with Crippen molar-refractivity contribution in [3.05, 3.63) is 59.7 Å². The molecular weight excluding hydrogens is 426 g/mol. The van der Waals surface area contributed by atoms with Gasteiger partial charge in [0.15, 0.2) is 0 Å². The molecule has 7 nitrogen and oxygen atoms in total. The van der Waals surface area contributed by atoms with E-state index in [2.05, 4.69) is 16.3 Å². The van der Waals surface area contributed by atoms with Crippen molar-refractivity contribution in [3.8, 4) is 5.75 Å². The molecule has 0 radical (unpaired) electrons. The predicted octanol–water partition coefficient (Wildman–Crippen LogP) is 3.15. The summed E-state index contributed by atoms with van der Waals surface area (Å²) in [5.74, 6) is 0.168. The Hall–Kier alpha value is -2.58. The molecule has 1 fully saturated rings. The molecule has 1 heterocycles. The van der Waals surface area contributed by atoms with Gasteiger partial charge in [0.05, 0.1) is 19.1 Å². The Kier molecular flexibility index (Phi) is 8.15. The minimum Gasteiger partial charge on any atom is -0.497 e. The fourth-order valence-electron chi connectivity index (χ4n) is 4.13. The maximum Gasteiger partial charge on any atom is 0.243 e. The van der Waals surface area contributed by atoms with Gasteiger partial charge in [-0.3, -0.25) is 14.0 Å². The van der Waals surface area contributed by atoms with E-state index in [4.69, 9.17) is 4.74 Å². The Labute approximate surface area is 191 Å². The number of sulfonamides is 1. The van der Waals surface area contributed by atoms with Gasteiger partial charge in [0.1, 0.15) is 11.8 Å². The summed E-state index contributed by atoms with van der Waals surface area (Å²) < 4.78 is 31.4. The molecule has 1 atom stereocenters. The van der Waals surface area contributed by atoms with Gasteiger partial charge in [-0.25, -0.2) is 8.42 Å². The van der Waals surface area contributed by atoms with Gasteiger partial charge in [0, 0.05) is 19.2 Å². The number of methoxy groups -OCH3 is 1.